The second-order valence-electron chi connectivity index (χ2n) is 2.02. The van der Waals surface area contributed by atoms with Crippen molar-refractivity contribution >= 4 is 15.6 Å². The highest BCUT2D eigenvalue weighted by Gasteiger charge is 1.95. The van der Waals surface area contributed by atoms with Gasteiger partial charge in [0.25, 0.3) is 5.91 Å². The molecule has 0 aliphatic rings. The van der Waals surface area contributed by atoms with Crippen LogP contribution in [-0.2, 0) is 14.5 Å². The van der Waals surface area contributed by atoms with Crippen molar-refractivity contribution < 1.29 is 9.00 Å². The smallest absolute Gasteiger partial charge is 0.253 e. The fourth-order valence-corrected chi connectivity index (χ4v) is 0.929. The lowest BCUT2D eigenvalue weighted by atomic mass is 10.5. The van der Waals surface area contributed by atoms with E-state index in [1.54, 1.807) is 6.92 Å². The van der Waals surface area contributed by atoms with E-state index in [0.29, 0.717) is 6.42 Å². The second kappa shape index (κ2) is 2.96. The average molecular weight is 149 g/mol. The predicted octanol–water partition coefficient (Wildman–Crippen LogP) is 0.651. The molecule has 9 heavy (non-hydrogen) atoms. The van der Waals surface area contributed by atoms with Crippen LogP contribution >= 0.6 is 0 Å². The maximum absolute atomic E-state index is 10.8. The van der Waals surface area contributed by atoms with Gasteiger partial charge in [-0.3, -0.25) is 4.79 Å². The van der Waals surface area contributed by atoms with E-state index in [1.807, 2.05) is 0 Å². The summed E-state index contributed by atoms with van der Waals surface area (Å²) < 4.78 is 14.2. The van der Waals surface area contributed by atoms with Gasteiger partial charge in [-0.15, -0.1) is 0 Å². The van der Waals surface area contributed by atoms with Crippen LogP contribution in [0.4, 0.5) is 0 Å². The molecule has 4 heteroatoms. The SMILES string of the molecule is CCC(=O)N=S(C)(C)=O. The zero-order chi connectivity index (χ0) is 7.49. The van der Waals surface area contributed by atoms with Gasteiger partial charge in [-0.25, -0.2) is 4.21 Å². The first-order chi connectivity index (χ1) is 3.95. The molecule has 0 aliphatic heterocycles. The molecule has 3 nitrogen and oxygen atoms in total. The second-order valence-corrected chi connectivity index (χ2v) is 4.56. The summed E-state index contributed by atoms with van der Waals surface area (Å²) in [5.41, 5.74) is 0. The van der Waals surface area contributed by atoms with Gasteiger partial charge in [-0.1, -0.05) is 6.92 Å². The van der Waals surface area contributed by atoms with Crippen LogP contribution in [0.2, 0.25) is 0 Å². The molecule has 0 aromatic carbocycles. The molecule has 0 rings (SSSR count). The van der Waals surface area contributed by atoms with Crippen molar-refractivity contribution in [3.63, 3.8) is 0 Å². The molecule has 0 saturated heterocycles. The van der Waals surface area contributed by atoms with E-state index >= 15 is 0 Å². The molecule has 54 valence electrons. The van der Waals surface area contributed by atoms with Gasteiger partial charge in [0, 0.05) is 28.7 Å². The normalized spacial score (nSPS) is 11.0. The summed E-state index contributed by atoms with van der Waals surface area (Å²) in [5, 5.41) is 0. The number of hydrogen-bond donors (Lipinski definition) is 0. The summed E-state index contributed by atoms with van der Waals surface area (Å²) >= 11 is 0. The Hall–Kier alpha value is -0.380. The van der Waals surface area contributed by atoms with Crippen LogP contribution in [0.3, 0.4) is 0 Å². The fourth-order valence-electron chi connectivity index (χ4n) is 0.310. The van der Waals surface area contributed by atoms with E-state index in [4.69, 9.17) is 0 Å². The molecule has 0 aromatic heterocycles. The average Bonchev–Trinajstić information content (AvgIpc) is 1.62. The molecule has 0 bridgehead atoms. The van der Waals surface area contributed by atoms with Crippen molar-refractivity contribution in [1.29, 1.82) is 0 Å². The van der Waals surface area contributed by atoms with E-state index in [2.05, 4.69) is 4.36 Å². The molecular weight excluding hydrogens is 138 g/mol. The number of carbonyl (C=O) groups excluding carboxylic acids is 1. The lowest BCUT2D eigenvalue weighted by Gasteiger charge is -1.89. The Morgan fingerprint density at radius 1 is 1.56 bits per heavy atom. The van der Waals surface area contributed by atoms with Crippen molar-refractivity contribution in [2.75, 3.05) is 12.5 Å². The highest BCUT2D eigenvalue weighted by molar-refractivity contribution is 7.92. The summed E-state index contributed by atoms with van der Waals surface area (Å²) in [4.78, 5) is 10.5. The summed E-state index contributed by atoms with van der Waals surface area (Å²) in [6.45, 7) is 1.69. The van der Waals surface area contributed by atoms with Crippen LogP contribution in [0.15, 0.2) is 4.36 Å². The Morgan fingerprint density at radius 3 is 2.11 bits per heavy atom. The van der Waals surface area contributed by atoms with E-state index in [0.717, 1.165) is 0 Å². The number of carbonyl (C=O) groups is 1. The Kier molecular flexibility index (Phi) is 2.84. The molecule has 0 unspecified atom stereocenters. The molecule has 0 atom stereocenters. The highest BCUT2D eigenvalue weighted by atomic mass is 32.2. The van der Waals surface area contributed by atoms with Gasteiger partial charge < -0.3 is 0 Å². The van der Waals surface area contributed by atoms with Crippen LogP contribution in [0.25, 0.3) is 0 Å². The number of rotatable bonds is 1. The zero-order valence-electron chi connectivity index (χ0n) is 5.88. The van der Waals surface area contributed by atoms with Crippen LogP contribution < -0.4 is 0 Å². The van der Waals surface area contributed by atoms with Gasteiger partial charge in [0.2, 0.25) is 0 Å². The van der Waals surface area contributed by atoms with Gasteiger partial charge in [0.05, 0.1) is 0 Å². The van der Waals surface area contributed by atoms with Gasteiger partial charge in [-0.2, -0.15) is 4.36 Å². The number of amides is 1. The maximum atomic E-state index is 10.8. The lowest BCUT2D eigenvalue weighted by molar-refractivity contribution is -0.117. The number of nitrogens with zero attached hydrogens (tertiary/aromatic N) is 1. The topological polar surface area (TPSA) is 46.5 Å². The molecule has 0 heterocycles. The van der Waals surface area contributed by atoms with E-state index in [-0.39, 0.29) is 5.91 Å². The summed E-state index contributed by atoms with van der Waals surface area (Å²) in [6, 6.07) is 0. The monoisotopic (exact) mass is 149 g/mol. The van der Waals surface area contributed by atoms with Crippen LogP contribution in [0.5, 0.6) is 0 Å². The molecule has 0 saturated carbocycles. The third-order valence-corrected chi connectivity index (χ3v) is 1.27. The predicted molar refractivity (Wildman–Crippen MR) is 37.7 cm³/mol. The van der Waals surface area contributed by atoms with Crippen molar-refractivity contribution in [2.24, 2.45) is 4.36 Å². The summed E-state index contributed by atoms with van der Waals surface area (Å²) in [6.07, 6.45) is 3.22. The van der Waals surface area contributed by atoms with Gasteiger partial charge in [0.1, 0.15) is 0 Å². The molecule has 0 spiro atoms. The highest BCUT2D eigenvalue weighted by Crippen LogP contribution is 1.88. The Labute approximate surface area is 55.6 Å². The molecule has 0 fully saturated rings. The first-order valence-corrected chi connectivity index (χ1v) is 4.99. The van der Waals surface area contributed by atoms with E-state index in [1.165, 1.54) is 12.5 Å². The van der Waals surface area contributed by atoms with Gasteiger partial charge >= 0.3 is 0 Å². The van der Waals surface area contributed by atoms with Crippen LogP contribution in [0, 0.1) is 0 Å². The molecule has 1 amide bonds. The largest absolute Gasteiger partial charge is 0.272 e. The lowest BCUT2D eigenvalue weighted by Crippen LogP contribution is -1.97. The standard InChI is InChI=1S/C5H11NO2S/c1-4-5(7)6-9(2,3)8/h4H2,1-3H3. The molecule has 0 radical (unpaired) electrons. The minimum atomic E-state index is -2.21. The van der Waals surface area contributed by atoms with Gasteiger partial charge in [0.15, 0.2) is 0 Å². The van der Waals surface area contributed by atoms with Crippen molar-refractivity contribution in [3.05, 3.63) is 0 Å². The zero-order valence-corrected chi connectivity index (χ0v) is 6.70. The first kappa shape index (κ1) is 8.62. The van der Waals surface area contributed by atoms with E-state index in [9.17, 15) is 9.00 Å². The first-order valence-electron chi connectivity index (χ1n) is 2.65. The van der Waals surface area contributed by atoms with Crippen molar-refractivity contribution in [2.45, 2.75) is 13.3 Å². The number of hydrogen-bond acceptors (Lipinski definition) is 2. The molecule has 0 aliphatic carbocycles. The van der Waals surface area contributed by atoms with E-state index < -0.39 is 9.73 Å². The Bertz CT molecular complexity index is 205. The van der Waals surface area contributed by atoms with Crippen LogP contribution in [-0.4, -0.2) is 22.6 Å². The minimum absolute atomic E-state index is 0.287. The quantitative estimate of drug-likeness (QED) is 0.549. The minimum Gasteiger partial charge on any atom is -0.272 e. The van der Waals surface area contributed by atoms with Crippen molar-refractivity contribution in [1.82, 2.24) is 0 Å². The van der Waals surface area contributed by atoms with Crippen molar-refractivity contribution in [3.8, 4) is 0 Å². The molecular formula is C5H11NO2S. The molecule has 0 N–H and O–H groups in total. The fraction of sp³-hybridized carbons (Fsp3) is 0.800. The maximum Gasteiger partial charge on any atom is 0.253 e. The summed E-state index contributed by atoms with van der Waals surface area (Å²) in [7, 11) is -2.21. The Morgan fingerprint density at radius 2 is 2.00 bits per heavy atom. The van der Waals surface area contributed by atoms with Gasteiger partial charge in [-0.05, 0) is 0 Å². The molecule has 0 aromatic rings. The Balaban J connectivity index is 4.33. The third-order valence-electron chi connectivity index (χ3n) is 0.624. The third kappa shape index (κ3) is 5.49. The van der Waals surface area contributed by atoms with Crippen LogP contribution in [0.1, 0.15) is 13.3 Å². The summed E-state index contributed by atoms with van der Waals surface area (Å²) in [5.74, 6) is -0.287.